The van der Waals surface area contributed by atoms with Gasteiger partial charge >= 0.3 is 0 Å². The first-order valence-electron chi connectivity index (χ1n) is 15.2. The van der Waals surface area contributed by atoms with Crippen LogP contribution in [0.3, 0.4) is 0 Å². The SMILES string of the molecule is O=C(Nc1ccc(N2CCCC2=O)c(N2CCC(F)(F)CC2)n1)c1ccc(NS(=O)(=O)CCO)cc1N1CCC2(CC1)CC2. The maximum atomic E-state index is 14.0. The van der Waals surface area contributed by atoms with Crippen LogP contribution in [-0.2, 0) is 14.8 Å². The molecule has 14 heteroatoms. The Balaban J connectivity index is 1.28. The number of benzene rings is 1. The van der Waals surface area contributed by atoms with Gasteiger partial charge in [0.15, 0.2) is 5.82 Å². The largest absolute Gasteiger partial charge is 0.395 e. The van der Waals surface area contributed by atoms with Gasteiger partial charge in [-0.1, -0.05) is 0 Å². The van der Waals surface area contributed by atoms with Crippen molar-refractivity contribution in [1.29, 1.82) is 0 Å². The lowest BCUT2D eigenvalue weighted by atomic mass is 9.93. The Hall–Kier alpha value is -3.52. The zero-order chi connectivity index (χ0) is 31.1. The van der Waals surface area contributed by atoms with Crippen molar-refractivity contribution in [1.82, 2.24) is 4.98 Å². The highest BCUT2D eigenvalue weighted by Crippen LogP contribution is 2.54. The fourth-order valence-corrected chi connectivity index (χ4v) is 7.21. The number of amides is 2. The molecule has 1 aromatic carbocycles. The molecule has 6 rings (SSSR count). The van der Waals surface area contributed by atoms with Crippen molar-refractivity contribution in [2.45, 2.75) is 57.3 Å². The first kappa shape index (κ1) is 30.5. The quantitative estimate of drug-likeness (QED) is 0.380. The highest BCUT2D eigenvalue weighted by atomic mass is 32.2. The Morgan fingerprint density at radius 3 is 2.27 bits per heavy atom. The summed E-state index contributed by atoms with van der Waals surface area (Å²) in [6, 6.07) is 8.02. The lowest BCUT2D eigenvalue weighted by Gasteiger charge is -2.35. The Labute approximate surface area is 255 Å². The summed E-state index contributed by atoms with van der Waals surface area (Å²) in [4.78, 5) is 36.5. The molecule has 1 aromatic heterocycles. The minimum absolute atomic E-state index is 0.0546. The summed E-state index contributed by atoms with van der Waals surface area (Å²) in [6.07, 6.45) is 4.84. The number of aliphatic hydroxyl groups excluding tert-OH is 1. The number of halogens is 2. The molecule has 1 spiro atoms. The molecule has 4 heterocycles. The minimum Gasteiger partial charge on any atom is -0.395 e. The summed E-state index contributed by atoms with van der Waals surface area (Å²) in [5, 5.41) is 12.0. The number of sulfonamides is 1. The second-order valence-corrected chi connectivity index (χ2v) is 14.2. The van der Waals surface area contributed by atoms with Crippen LogP contribution in [-0.4, -0.2) is 81.3 Å². The van der Waals surface area contributed by atoms with E-state index in [1.807, 2.05) is 0 Å². The molecule has 4 aliphatic rings. The number of piperidine rings is 2. The fraction of sp³-hybridized carbons (Fsp3) is 0.567. The van der Waals surface area contributed by atoms with E-state index in [0.29, 0.717) is 53.2 Å². The Morgan fingerprint density at radius 2 is 1.64 bits per heavy atom. The van der Waals surface area contributed by atoms with Gasteiger partial charge in [-0.05, 0) is 67.9 Å². The molecule has 11 nitrogen and oxygen atoms in total. The number of carbonyl (C=O) groups excluding carboxylic acids is 2. The molecule has 3 saturated heterocycles. The van der Waals surface area contributed by atoms with Crippen LogP contribution in [0.1, 0.15) is 61.7 Å². The highest BCUT2D eigenvalue weighted by molar-refractivity contribution is 7.92. The molecule has 1 saturated carbocycles. The first-order chi connectivity index (χ1) is 21.0. The molecule has 1 aliphatic carbocycles. The lowest BCUT2D eigenvalue weighted by Crippen LogP contribution is -2.41. The van der Waals surface area contributed by atoms with E-state index < -0.39 is 34.2 Å². The summed E-state index contributed by atoms with van der Waals surface area (Å²) in [5.74, 6) is -3.11. The number of nitrogens with one attached hydrogen (secondary N) is 2. The van der Waals surface area contributed by atoms with Gasteiger partial charge in [-0.25, -0.2) is 22.2 Å². The summed E-state index contributed by atoms with van der Waals surface area (Å²) >= 11 is 0. The van der Waals surface area contributed by atoms with Crippen molar-refractivity contribution in [2.24, 2.45) is 5.41 Å². The number of nitrogens with zero attached hydrogens (tertiary/aromatic N) is 4. The number of aliphatic hydroxyl groups is 1. The van der Waals surface area contributed by atoms with Crippen LogP contribution in [0, 0.1) is 5.41 Å². The lowest BCUT2D eigenvalue weighted by molar-refractivity contribution is -0.117. The summed E-state index contributed by atoms with van der Waals surface area (Å²) in [7, 11) is -3.77. The van der Waals surface area contributed by atoms with Crippen molar-refractivity contribution in [2.75, 3.05) is 69.8 Å². The summed E-state index contributed by atoms with van der Waals surface area (Å²) in [5.41, 5.74) is 2.13. The van der Waals surface area contributed by atoms with E-state index >= 15 is 0 Å². The number of anilines is 5. The van der Waals surface area contributed by atoms with Crippen LogP contribution in [0.2, 0.25) is 0 Å². The van der Waals surface area contributed by atoms with Crippen molar-refractivity contribution in [3.05, 3.63) is 35.9 Å². The monoisotopic (exact) mass is 632 g/mol. The van der Waals surface area contributed by atoms with E-state index in [2.05, 4.69) is 19.9 Å². The van der Waals surface area contributed by atoms with Gasteiger partial charge in [-0.3, -0.25) is 14.3 Å². The topological polar surface area (TPSA) is 135 Å². The maximum absolute atomic E-state index is 14.0. The molecule has 238 valence electrons. The summed E-state index contributed by atoms with van der Waals surface area (Å²) in [6.45, 7) is 1.59. The number of hydrogen-bond acceptors (Lipinski definition) is 8. The average Bonchev–Trinajstić information content (AvgIpc) is 3.59. The van der Waals surface area contributed by atoms with Gasteiger partial charge in [-0.15, -0.1) is 0 Å². The van der Waals surface area contributed by atoms with Gasteiger partial charge in [-0.2, -0.15) is 0 Å². The predicted molar refractivity (Wildman–Crippen MR) is 164 cm³/mol. The van der Waals surface area contributed by atoms with Crippen LogP contribution in [0.25, 0.3) is 0 Å². The van der Waals surface area contributed by atoms with Crippen LogP contribution in [0.15, 0.2) is 30.3 Å². The Morgan fingerprint density at radius 1 is 0.932 bits per heavy atom. The van der Waals surface area contributed by atoms with E-state index in [9.17, 15) is 26.8 Å². The molecule has 44 heavy (non-hydrogen) atoms. The molecule has 3 N–H and O–H groups in total. The third kappa shape index (κ3) is 6.60. The van der Waals surface area contributed by atoms with E-state index in [4.69, 9.17) is 5.11 Å². The van der Waals surface area contributed by atoms with Crippen LogP contribution in [0.4, 0.5) is 37.5 Å². The number of aromatic nitrogens is 1. The first-order valence-corrected chi connectivity index (χ1v) is 16.9. The van der Waals surface area contributed by atoms with Gasteiger partial charge in [0.1, 0.15) is 5.82 Å². The van der Waals surface area contributed by atoms with Gasteiger partial charge in [0.05, 0.1) is 35.0 Å². The average molecular weight is 633 g/mol. The molecule has 3 aliphatic heterocycles. The zero-order valence-electron chi connectivity index (χ0n) is 24.5. The maximum Gasteiger partial charge on any atom is 0.258 e. The van der Waals surface area contributed by atoms with Crippen LogP contribution in [0.5, 0.6) is 0 Å². The number of alkyl halides is 2. The molecule has 0 radical (unpaired) electrons. The molecule has 2 aromatic rings. The molecule has 0 bridgehead atoms. The van der Waals surface area contributed by atoms with E-state index in [0.717, 1.165) is 25.9 Å². The number of rotatable bonds is 9. The zero-order valence-corrected chi connectivity index (χ0v) is 25.3. The van der Waals surface area contributed by atoms with Gasteiger partial charge in [0, 0.05) is 52.0 Å². The second kappa shape index (κ2) is 11.8. The van der Waals surface area contributed by atoms with Crippen molar-refractivity contribution in [3.8, 4) is 0 Å². The fourth-order valence-electron chi connectivity index (χ4n) is 6.38. The number of pyridine rings is 1. The standard InChI is InChI=1S/C30H38F2N6O5S/c31-30(32)11-16-37(17-12-30)27-23(38-13-1-2-26(38)40)5-6-25(33-27)34-28(41)22-4-3-21(35-44(42,43)19-18-39)20-24(22)36-14-9-29(7-8-29)10-15-36/h3-6,20,35,39H,1-2,7-19H2,(H,33,34,41). The molecule has 0 unspecified atom stereocenters. The van der Waals surface area contributed by atoms with Gasteiger partial charge < -0.3 is 25.1 Å². The van der Waals surface area contributed by atoms with Crippen LogP contribution < -0.4 is 24.7 Å². The van der Waals surface area contributed by atoms with Crippen molar-refractivity contribution < 1.29 is 31.9 Å². The molecule has 2 amide bonds. The predicted octanol–water partition coefficient (Wildman–Crippen LogP) is 3.81. The number of carbonyl (C=O) groups is 2. The van der Waals surface area contributed by atoms with Crippen molar-refractivity contribution in [3.63, 3.8) is 0 Å². The van der Waals surface area contributed by atoms with Crippen LogP contribution >= 0.6 is 0 Å². The third-order valence-corrected chi connectivity index (χ3v) is 10.5. The smallest absolute Gasteiger partial charge is 0.258 e. The molecule has 4 fully saturated rings. The summed E-state index contributed by atoms with van der Waals surface area (Å²) < 4.78 is 55.1. The van der Waals surface area contributed by atoms with Gasteiger partial charge in [0.25, 0.3) is 11.8 Å². The highest BCUT2D eigenvalue weighted by Gasteiger charge is 2.44. The Kier molecular flexibility index (Phi) is 8.16. The third-order valence-electron chi connectivity index (χ3n) is 9.25. The van der Waals surface area contributed by atoms with E-state index in [-0.39, 0.29) is 37.7 Å². The molecular weight excluding hydrogens is 594 g/mol. The van der Waals surface area contributed by atoms with Gasteiger partial charge in [0.2, 0.25) is 15.9 Å². The normalized spacial score (nSPS) is 21.1. The molecule has 0 atom stereocenters. The minimum atomic E-state index is -3.77. The van der Waals surface area contributed by atoms with Crippen molar-refractivity contribution >= 4 is 50.5 Å². The molecular formula is C30H38F2N6O5S. The Bertz CT molecular complexity index is 1530. The second-order valence-electron chi connectivity index (χ2n) is 12.3. The van der Waals surface area contributed by atoms with E-state index in [1.165, 1.54) is 18.9 Å². The number of hydrogen-bond donors (Lipinski definition) is 3. The van der Waals surface area contributed by atoms with E-state index in [1.54, 1.807) is 34.1 Å².